The molecule has 2 heteroatoms. The molecule has 0 saturated heterocycles. The third kappa shape index (κ3) is 1.95. The van der Waals surface area contributed by atoms with Gasteiger partial charge in [-0.1, -0.05) is 24.3 Å². The van der Waals surface area contributed by atoms with Gasteiger partial charge in [-0.3, -0.25) is 0 Å². The van der Waals surface area contributed by atoms with Crippen molar-refractivity contribution in [3.05, 3.63) is 47.9 Å². The number of pyridine rings is 1. The summed E-state index contributed by atoms with van der Waals surface area (Å²) in [5.41, 5.74) is 2.48. The Morgan fingerprint density at radius 2 is 2.00 bits per heavy atom. The lowest BCUT2D eigenvalue weighted by Gasteiger charge is -2.13. The molecule has 1 aromatic heterocycles. The molecular formula is C15H14FN. The molecule has 1 nitrogen and oxygen atoms in total. The largest absolute Gasteiger partial charge is 0.245 e. The molecular weight excluding hydrogens is 213 g/mol. The fourth-order valence-corrected chi connectivity index (χ4v) is 2.37. The number of rotatable bonds is 1. The number of para-hydroxylation sites is 1. The van der Waals surface area contributed by atoms with Crippen molar-refractivity contribution in [2.45, 2.75) is 25.7 Å². The number of hydrogen-bond donors (Lipinski definition) is 0. The fraction of sp³-hybridized carbons (Fsp3) is 0.267. The molecule has 1 aliphatic rings. The molecule has 0 bridgehead atoms. The maximum Gasteiger partial charge on any atom is 0.149 e. The summed E-state index contributed by atoms with van der Waals surface area (Å²) in [6.07, 6.45) is 6.47. The molecule has 86 valence electrons. The van der Waals surface area contributed by atoms with Crippen molar-refractivity contribution in [3.8, 4) is 0 Å². The minimum Gasteiger partial charge on any atom is -0.245 e. The highest BCUT2D eigenvalue weighted by Crippen LogP contribution is 2.28. The number of benzene rings is 1. The van der Waals surface area contributed by atoms with E-state index in [2.05, 4.69) is 11.1 Å². The van der Waals surface area contributed by atoms with E-state index in [1.165, 1.54) is 6.42 Å². The average molecular weight is 227 g/mol. The highest BCUT2D eigenvalue weighted by atomic mass is 19.1. The standard InChI is InChI=1S/C15H14FN/c16-13-10-12-8-4-5-9-14(12)17-15(13)11-6-2-1-3-7-11/h4-6,8-10H,1-3,7H2. The Bertz CT molecular complexity index is 586. The Morgan fingerprint density at radius 3 is 2.82 bits per heavy atom. The van der Waals surface area contributed by atoms with E-state index in [9.17, 15) is 4.39 Å². The highest BCUT2D eigenvalue weighted by molar-refractivity contribution is 5.81. The van der Waals surface area contributed by atoms with Gasteiger partial charge in [0.15, 0.2) is 0 Å². The van der Waals surface area contributed by atoms with Gasteiger partial charge in [-0.05, 0) is 43.4 Å². The molecule has 1 aliphatic carbocycles. The van der Waals surface area contributed by atoms with Crippen LogP contribution in [0.2, 0.25) is 0 Å². The number of nitrogens with zero attached hydrogens (tertiary/aromatic N) is 1. The zero-order chi connectivity index (χ0) is 11.7. The number of hydrogen-bond acceptors (Lipinski definition) is 1. The molecule has 0 atom stereocenters. The zero-order valence-corrected chi connectivity index (χ0v) is 9.62. The van der Waals surface area contributed by atoms with E-state index in [0.29, 0.717) is 5.69 Å². The summed E-state index contributed by atoms with van der Waals surface area (Å²) in [5, 5.41) is 0.866. The van der Waals surface area contributed by atoms with Gasteiger partial charge >= 0.3 is 0 Å². The van der Waals surface area contributed by atoms with Crippen molar-refractivity contribution >= 4 is 16.5 Å². The van der Waals surface area contributed by atoms with Crippen LogP contribution in [0.3, 0.4) is 0 Å². The van der Waals surface area contributed by atoms with Crippen LogP contribution in [-0.2, 0) is 0 Å². The second-order valence-corrected chi connectivity index (χ2v) is 4.49. The first-order valence-corrected chi connectivity index (χ1v) is 6.09. The molecule has 0 unspecified atom stereocenters. The van der Waals surface area contributed by atoms with E-state index in [4.69, 9.17) is 0 Å². The van der Waals surface area contributed by atoms with E-state index < -0.39 is 0 Å². The SMILES string of the molecule is Fc1cc2ccccc2nc1C1=CCCCC1. The number of allylic oxidation sites excluding steroid dienone is 2. The molecule has 3 rings (SSSR count). The minimum atomic E-state index is -0.197. The van der Waals surface area contributed by atoms with Gasteiger partial charge in [0, 0.05) is 5.39 Å². The van der Waals surface area contributed by atoms with Crippen LogP contribution in [0.1, 0.15) is 31.4 Å². The molecule has 1 aromatic carbocycles. The van der Waals surface area contributed by atoms with Crippen LogP contribution in [0.4, 0.5) is 4.39 Å². The molecule has 0 aliphatic heterocycles. The number of aromatic nitrogens is 1. The Balaban J connectivity index is 2.15. The van der Waals surface area contributed by atoms with Gasteiger partial charge in [0.2, 0.25) is 0 Å². The molecule has 17 heavy (non-hydrogen) atoms. The molecule has 0 saturated carbocycles. The van der Waals surface area contributed by atoms with Crippen LogP contribution in [0.25, 0.3) is 16.5 Å². The summed E-state index contributed by atoms with van der Waals surface area (Å²) in [5.74, 6) is -0.197. The molecule has 2 aromatic rings. The summed E-state index contributed by atoms with van der Waals surface area (Å²) < 4.78 is 14.0. The quantitative estimate of drug-likeness (QED) is 0.706. The van der Waals surface area contributed by atoms with E-state index in [1.54, 1.807) is 6.07 Å². The lowest BCUT2D eigenvalue weighted by atomic mass is 9.96. The highest BCUT2D eigenvalue weighted by Gasteiger charge is 2.13. The van der Waals surface area contributed by atoms with Crippen LogP contribution >= 0.6 is 0 Å². The number of fused-ring (bicyclic) bond motifs is 1. The Hall–Kier alpha value is -1.70. The summed E-state index contributed by atoms with van der Waals surface area (Å²) >= 11 is 0. The maximum atomic E-state index is 14.0. The monoisotopic (exact) mass is 227 g/mol. The molecule has 1 heterocycles. The van der Waals surface area contributed by atoms with Gasteiger partial charge in [-0.15, -0.1) is 0 Å². The van der Waals surface area contributed by atoms with E-state index in [-0.39, 0.29) is 5.82 Å². The van der Waals surface area contributed by atoms with Crippen LogP contribution in [0.15, 0.2) is 36.4 Å². The third-order valence-electron chi connectivity index (χ3n) is 3.27. The first-order chi connectivity index (χ1) is 8.34. The van der Waals surface area contributed by atoms with Gasteiger partial charge in [0.25, 0.3) is 0 Å². The third-order valence-corrected chi connectivity index (χ3v) is 3.27. The minimum absolute atomic E-state index is 0.197. The number of halogens is 1. The van der Waals surface area contributed by atoms with Gasteiger partial charge in [0.1, 0.15) is 11.5 Å². The second-order valence-electron chi connectivity index (χ2n) is 4.49. The lowest BCUT2D eigenvalue weighted by molar-refractivity contribution is 0.615. The van der Waals surface area contributed by atoms with Crippen LogP contribution in [-0.4, -0.2) is 4.98 Å². The molecule has 0 spiro atoms. The predicted octanol–water partition coefficient (Wildman–Crippen LogP) is 4.33. The van der Waals surface area contributed by atoms with Gasteiger partial charge in [-0.25, -0.2) is 9.37 Å². The maximum absolute atomic E-state index is 14.0. The van der Waals surface area contributed by atoms with Crippen molar-refractivity contribution in [1.82, 2.24) is 4.98 Å². The van der Waals surface area contributed by atoms with Gasteiger partial charge < -0.3 is 0 Å². The predicted molar refractivity (Wildman–Crippen MR) is 68.1 cm³/mol. The molecule has 0 radical (unpaired) electrons. The van der Waals surface area contributed by atoms with Crippen LogP contribution in [0, 0.1) is 5.82 Å². The zero-order valence-electron chi connectivity index (χ0n) is 9.62. The van der Waals surface area contributed by atoms with Crippen LogP contribution in [0.5, 0.6) is 0 Å². The molecule has 0 N–H and O–H groups in total. The summed E-state index contributed by atoms with van der Waals surface area (Å²) in [6.45, 7) is 0. The Morgan fingerprint density at radius 1 is 1.12 bits per heavy atom. The van der Waals surface area contributed by atoms with E-state index >= 15 is 0 Å². The normalized spacial score (nSPS) is 15.9. The van der Waals surface area contributed by atoms with E-state index in [1.807, 2.05) is 24.3 Å². The Kier molecular flexibility index (Phi) is 2.63. The molecule has 0 fully saturated rings. The topological polar surface area (TPSA) is 12.9 Å². The molecule has 0 amide bonds. The summed E-state index contributed by atoms with van der Waals surface area (Å²) in [4.78, 5) is 4.46. The van der Waals surface area contributed by atoms with Crippen molar-refractivity contribution in [2.75, 3.05) is 0 Å². The summed E-state index contributed by atoms with van der Waals surface area (Å²) in [7, 11) is 0. The van der Waals surface area contributed by atoms with Crippen molar-refractivity contribution in [1.29, 1.82) is 0 Å². The lowest BCUT2D eigenvalue weighted by Crippen LogP contribution is -1.98. The second kappa shape index (κ2) is 4.28. The van der Waals surface area contributed by atoms with Crippen molar-refractivity contribution in [2.24, 2.45) is 0 Å². The van der Waals surface area contributed by atoms with Crippen molar-refractivity contribution in [3.63, 3.8) is 0 Å². The summed E-state index contributed by atoms with van der Waals surface area (Å²) in [6, 6.07) is 9.26. The Labute approximate surface area is 100.0 Å². The smallest absolute Gasteiger partial charge is 0.149 e. The van der Waals surface area contributed by atoms with Crippen molar-refractivity contribution < 1.29 is 4.39 Å². The van der Waals surface area contributed by atoms with Gasteiger partial charge in [-0.2, -0.15) is 0 Å². The van der Waals surface area contributed by atoms with E-state index in [0.717, 1.165) is 35.7 Å². The first kappa shape index (κ1) is 10.5. The fourth-order valence-electron chi connectivity index (χ4n) is 2.37. The van der Waals surface area contributed by atoms with Crippen LogP contribution < -0.4 is 0 Å². The van der Waals surface area contributed by atoms with Gasteiger partial charge in [0.05, 0.1) is 5.52 Å². The first-order valence-electron chi connectivity index (χ1n) is 6.09. The average Bonchev–Trinajstić information content (AvgIpc) is 2.39.